The lowest BCUT2D eigenvalue weighted by Gasteiger charge is -2.12. The number of amides is 1. The summed E-state index contributed by atoms with van der Waals surface area (Å²) in [5.41, 5.74) is 6.42. The molecule has 1 aromatic carbocycles. The zero-order valence-corrected chi connectivity index (χ0v) is 11.1. The first-order valence-electron chi connectivity index (χ1n) is 6.06. The van der Waals surface area contributed by atoms with Crippen LogP contribution in [0.5, 0.6) is 0 Å². The Morgan fingerprint density at radius 2 is 2.21 bits per heavy atom. The van der Waals surface area contributed by atoms with Gasteiger partial charge in [0.15, 0.2) is 5.84 Å². The fourth-order valence-corrected chi connectivity index (χ4v) is 1.56. The highest BCUT2D eigenvalue weighted by Crippen LogP contribution is 2.05. The fourth-order valence-electron chi connectivity index (χ4n) is 1.56. The third-order valence-corrected chi connectivity index (χ3v) is 2.53. The van der Waals surface area contributed by atoms with Crippen LogP contribution in [0.15, 0.2) is 29.4 Å². The predicted molar refractivity (Wildman–Crippen MR) is 72.4 cm³/mol. The number of hydrogen-bond acceptors (Lipinski definition) is 4. The summed E-state index contributed by atoms with van der Waals surface area (Å²) in [6.07, 6.45) is -0.0405. The maximum absolute atomic E-state index is 11.9. The second-order valence-electron chi connectivity index (χ2n) is 4.04. The van der Waals surface area contributed by atoms with Crippen molar-refractivity contribution in [2.75, 3.05) is 13.2 Å². The summed E-state index contributed by atoms with van der Waals surface area (Å²) in [4.78, 5) is 11.9. The highest BCUT2D eigenvalue weighted by molar-refractivity contribution is 6.01. The van der Waals surface area contributed by atoms with Crippen molar-refractivity contribution >= 4 is 11.7 Å². The molecule has 19 heavy (non-hydrogen) atoms. The number of oxime groups is 1. The molecule has 4 N–H and O–H groups in total. The highest BCUT2D eigenvalue weighted by Gasteiger charge is 2.09. The average Bonchev–Trinajstić information content (AvgIpc) is 2.44. The molecule has 0 aromatic heterocycles. The number of rotatable bonds is 6. The normalized spacial score (nSPS) is 13.1. The van der Waals surface area contributed by atoms with Gasteiger partial charge in [-0.15, -0.1) is 0 Å². The van der Waals surface area contributed by atoms with Crippen molar-refractivity contribution in [3.63, 3.8) is 0 Å². The largest absolute Gasteiger partial charge is 0.409 e. The number of carbonyl (C=O) groups is 1. The molecular formula is C13H19N3O3. The first kappa shape index (κ1) is 15.0. The van der Waals surface area contributed by atoms with E-state index in [2.05, 4.69) is 10.5 Å². The molecule has 0 fully saturated rings. The zero-order valence-electron chi connectivity index (χ0n) is 11.1. The molecule has 1 rings (SSSR count). The van der Waals surface area contributed by atoms with Gasteiger partial charge in [0.1, 0.15) is 0 Å². The average molecular weight is 265 g/mol. The number of benzene rings is 1. The Labute approximate surface area is 112 Å². The molecule has 6 nitrogen and oxygen atoms in total. The summed E-state index contributed by atoms with van der Waals surface area (Å²) in [7, 11) is 0. The number of ether oxygens (including phenoxy) is 1. The van der Waals surface area contributed by atoms with Gasteiger partial charge in [0.05, 0.1) is 6.10 Å². The molecule has 1 amide bonds. The molecule has 0 aliphatic heterocycles. The smallest absolute Gasteiger partial charge is 0.251 e. The molecule has 0 saturated heterocycles. The van der Waals surface area contributed by atoms with Gasteiger partial charge in [0.2, 0.25) is 0 Å². The summed E-state index contributed by atoms with van der Waals surface area (Å²) in [6, 6.07) is 6.56. The van der Waals surface area contributed by atoms with E-state index in [4.69, 9.17) is 15.7 Å². The Morgan fingerprint density at radius 3 is 2.84 bits per heavy atom. The first-order chi connectivity index (χ1) is 9.08. The van der Waals surface area contributed by atoms with Crippen LogP contribution in [0, 0.1) is 0 Å². The molecule has 1 unspecified atom stereocenters. The van der Waals surface area contributed by atoms with Crippen LogP contribution in [-0.4, -0.2) is 36.2 Å². The Balaban J connectivity index is 2.67. The summed E-state index contributed by atoms with van der Waals surface area (Å²) in [5.74, 6) is -0.253. The van der Waals surface area contributed by atoms with E-state index in [0.29, 0.717) is 24.3 Å². The molecule has 1 atom stereocenters. The molecule has 0 aliphatic rings. The molecule has 0 bridgehead atoms. The lowest BCUT2D eigenvalue weighted by Crippen LogP contribution is -2.32. The van der Waals surface area contributed by atoms with Gasteiger partial charge in [0.25, 0.3) is 5.91 Å². The minimum atomic E-state index is -0.223. The van der Waals surface area contributed by atoms with Crippen molar-refractivity contribution in [2.24, 2.45) is 10.9 Å². The molecule has 0 aliphatic carbocycles. The zero-order chi connectivity index (χ0) is 14.3. The Bertz CT molecular complexity index is 460. The van der Waals surface area contributed by atoms with Gasteiger partial charge in [-0.3, -0.25) is 4.79 Å². The Hall–Kier alpha value is -2.08. The van der Waals surface area contributed by atoms with Gasteiger partial charge in [0, 0.05) is 24.3 Å². The quantitative estimate of drug-likeness (QED) is 0.308. The lowest BCUT2D eigenvalue weighted by molar-refractivity contribution is 0.0695. The van der Waals surface area contributed by atoms with E-state index in [1.165, 1.54) is 0 Å². The Kier molecular flexibility index (Phi) is 5.81. The van der Waals surface area contributed by atoms with E-state index in [1.807, 2.05) is 13.8 Å². The van der Waals surface area contributed by atoms with Crippen LogP contribution in [-0.2, 0) is 4.74 Å². The fraction of sp³-hybridized carbons (Fsp3) is 0.385. The predicted octanol–water partition coefficient (Wildman–Crippen LogP) is 0.936. The van der Waals surface area contributed by atoms with Gasteiger partial charge in [-0.05, 0) is 26.0 Å². The first-order valence-corrected chi connectivity index (χ1v) is 6.06. The second kappa shape index (κ2) is 7.38. The van der Waals surface area contributed by atoms with Gasteiger partial charge in [-0.2, -0.15) is 0 Å². The van der Waals surface area contributed by atoms with Crippen molar-refractivity contribution < 1.29 is 14.7 Å². The Morgan fingerprint density at radius 1 is 1.53 bits per heavy atom. The third-order valence-electron chi connectivity index (χ3n) is 2.53. The molecule has 1 aromatic rings. The third kappa shape index (κ3) is 4.59. The standard InChI is InChI=1S/C13H19N3O3/c1-3-19-9(2)8-15-13(17)11-6-4-5-10(7-11)12(14)16-18/h4-7,9,18H,3,8H2,1-2H3,(H2,14,16)(H,15,17). The van der Waals surface area contributed by atoms with Crippen molar-refractivity contribution in [1.82, 2.24) is 5.32 Å². The van der Waals surface area contributed by atoms with Crippen LogP contribution in [0.4, 0.5) is 0 Å². The van der Waals surface area contributed by atoms with Crippen molar-refractivity contribution in [1.29, 1.82) is 0 Å². The number of nitrogens with zero attached hydrogens (tertiary/aromatic N) is 1. The van der Waals surface area contributed by atoms with Gasteiger partial charge < -0.3 is 21.0 Å². The van der Waals surface area contributed by atoms with Crippen LogP contribution in [0.25, 0.3) is 0 Å². The molecule has 6 heteroatoms. The molecule has 0 heterocycles. The van der Waals surface area contributed by atoms with Crippen LogP contribution < -0.4 is 11.1 Å². The minimum absolute atomic E-state index is 0.0302. The summed E-state index contributed by atoms with van der Waals surface area (Å²) in [6.45, 7) is 4.83. The summed E-state index contributed by atoms with van der Waals surface area (Å²) < 4.78 is 5.32. The maximum atomic E-state index is 11.9. The van der Waals surface area contributed by atoms with E-state index in [1.54, 1.807) is 24.3 Å². The van der Waals surface area contributed by atoms with E-state index < -0.39 is 0 Å². The number of nitrogens with one attached hydrogen (secondary N) is 1. The molecule has 0 saturated carbocycles. The monoisotopic (exact) mass is 265 g/mol. The highest BCUT2D eigenvalue weighted by atomic mass is 16.5. The van der Waals surface area contributed by atoms with Crippen LogP contribution in [0.1, 0.15) is 29.8 Å². The van der Waals surface area contributed by atoms with Crippen molar-refractivity contribution in [3.05, 3.63) is 35.4 Å². The van der Waals surface area contributed by atoms with E-state index >= 15 is 0 Å². The summed E-state index contributed by atoms with van der Waals surface area (Å²) in [5, 5.41) is 14.3. The molecule has 104 valence electrons. The second-order valence-corrected chi connectivity index (χ2v) is 4.04. The number of carbonyl (C=O) groups excluding carboxylic acids is 1. The number of amidine groups is 1. The minimum Gasteiger partial charge on any atom is -0.409 e. The van der Waals surface area contributed by atoms with Gasteiger partial charge in [-0.25, -0.2) is 0 Å². The molecular weight excluding hydrogens is 246 g/mol. The summed E-state index contributed by atoms with van der Waals surface area (Å²) >= 11 is 0. The molecule has 0 spiro atoms. The van der Waals surface area contributed by atoms with E-state index in [-0.39, 0.29) is 17.8 Å². The SMILES string of the molecule is CCOC(C)CNC(=O)c1cccc(/C(N)=N/O)c1. The van der Waals surface area contributed by atoms with Gasteiger partial charge >= 0.3 is 0 Å². The number of nitrogens with two attached hydrogens (primary N) is 1. The van der Waals surface area contributed by atoms with Crippen LogP contribution >= 0.6 is 0 Å². The lowest BCUT2D eigenvalue weighted by atomic mass is 10.1. The van der Waals surface area contributed by atoms with E-state index in [9.17, 15) is 4.79 Å². The molecule has 0 radical (unpaired) electrons. The van der Waals surface area contributed by atoms with Crippen LogP contribution in [0.2, 0.25) is 0 Å². The van der Waals surface area contributed by atoms with E-state index in [0.717, 1.165) is 0 Å². The van der Waals surface area contributed by atoms with Crippen molar-refractivity contribution in [2.45, 2.75) is 20.0 Å². The van der Waals surface area contributed by atoms with Gasteiger partial charge in [-0.1, -0.05) is 17.3 Å². The number of hydrogen-bond donors (Lipinski definition) is 3. The van der Waals surface area contributed by atoms with Crippen molar-refractivity contribution in [3.8, 4) is 0 Å². The van der Waals surface area contributed by atoms with Crippen LogP contribution in [0.3, 0.4) is 0 Å². The topological polar surface area (TPSA) is 96.9 Å². The maximum Gasteiger partial charge on any atom is 0.251 e.